The van der Waals surface area contributed by atoms with Crippen molar-refractivity contribution in [2.75, 3.05) is 6.61 Å². The highest BCUT2D eigenvalue weighted by atomic mass is 16.5. The van der Waals surface area contributed by atoms with Gasteiger partial charge in [0.05, 0.1) is 18.2 Å². The molecular formula is C21H19N3O2. The summed E-state index contributed by atoms with van der Waals surface area (Å²) in [6.45, 7) is 2.96. The van der Waals surface area contributed by atoms with Crippen LogP contribution in [-0.4, -0.2) is 33.4 Å². The first-order valence-corrected chi connectivity index (χ1v) is 8.59. The Balaban J connectivity index is 1.68. The third-order valence-corrected chi connectivity index (χ3v) is 4.58. The fourth-order valence-electron chi connectivity index (χ4n) is 3.12. The number of hydrogen-bond donors (Lipinski definition) is 0. The average Bonchev–Trinajstić information content (AvgIpc) is 2.87. The molecule has 0 radical (unpaired) electrons. The van der Waals surface area contributed by atoms with Crippen LogP contribution in [-0.2, 0) is 6.54 Å². The van der Waals surface area contributed by atoms with Gasteiger partial charge in [0, 0.05) is 35.9 Å². The lowest BCUT2D eigenvalue weighted by Crippen LogP contribution is -2.39. The van der Waals surface area contributed by atoms with Crippen LogP contribution in [0.3, 0.4) is 0 Å². The SMILES string of the molecule is C[C@H]1COc2ccc(-c3cccnc3)cc2CN1C(=O)c1cccnc1. The van der Waals surface area contributed by atoms with Crippen LogP contribution in [0, 0.1) is 0 Å². The topological polar surface area (TPSA) is 55.3 Å². The van der Waals surface area contributed by atoms with E-state index in [-0.39, 0.29) is 11.9 Å². The van der Waals surface area contributed by atoms with Gasteiger partial charge in [-0.05, 0) is 42.8 Å². The average molecular weight is 345 g/mol. The molecule has 1 aliphatic heterocycles. The van der Waals surface area contributed by atoms with Gasteiger partial charge in [-0.15, -0.1) is 0 Å². The maximum Gasteiger partial charge on any atom is 0.256 e. The van der Waals surface area contributed by atoms with Crippen LogP contribution >= 0.6 is 0 Å². The maximum absolute atomic E-state index is 12.9. The highest BCUT2D eigenvalue weighted by molar-refractivity contribution is 5.94. The first-order valence-electron chi connectivity index (χ1n) is 8.59. The monoisotopic (exact) mass is 345 g/mol. The van der Waals surface area contributed by atoms with Crippen LogP contribution in [0.5, 0.6) is 5.75 Å². The van der Waals surface area contributed by atoms with E-state index in [1.54, 1.807) is 30.7 Å². The first kappa shape index (κ1) is 16.3. The van der Waals surface area contributed by atoms with E-state index in [0.29, 0.717) is 18.7 Å². The van der Waals surface area contributed by atoms with Gasteiger partial charge in [0.1, 0.15) is 12.4 Å². The van der Waals surface area contributed by atoms with E-state index in [1.807, 2.05) is 42.3 Å². The van der Waals surface area contributed by atoms with Gasteiger partial charge in [-0.1, -0.05) is 12.1 Å². The number of rotatable bonds is 2. The zero-order valence-corrected chi connectivity index (χ0v) is 14.5. The van der Waals surface area contributed by atoms with Gasteiger partial charge in [0.25, 0.3) is 5.91 Å². The van der Waals surface area contributed by atoms with Crippen LogP contribution in [0.25, 0.3) is 11.1 Å². The van der Waals surface area contributed by atoms with Crippen molar-refractivity contribution in [2.24, 2.45) is 0 Å². The van der Waals surface area contributed by atoms with Gasteiger partial charge in [-0.2, -0.15) is 0 Å². The normalized spacial score (nSPS) is 16.3. The summed E-state index contributed by atoms with van der Waals surface area (Å²) in [6.07, 6.45) is 6.86. The number of carbonyl (C=O) groups is 1. The lowest BCUT2D eigenvalue weighted by molar-refractivity contribution is 0.0645. The molecule has 2 aromatic heterocycles. The van der Waals surface area contributed by atoms with E-state index in [1.165, 1.54) is 0 Å². The second kappa shape index (κ2) is 6.96. The minimum Gasteiger partial charge on any atom is -0.491 e. The van der Waals surface area contributed by atoms with Crippen molar-refractivity contribution in [3.63, 3.8) is 0 Å². The molecule has 4 rings (SSSR count). The van der Waals surface area contributed by atoms with Crippen molar-refractivity contribution in [1.29, 1.82) is 0 Å². The number of fused-ring (bicyclic) bond motifs is 1. The number of aromatic nitrogens is 2. The van der Waals surface area contributed by atoms with Crippen LogP contribution in [0.1, 0.15) is 22.8 Å². The molecule has 0 unspecified atom stereocenters. The van der Waals surface area contributed by atoms with Crippen LogP contribution in [0.4, 0.5) is 0 Å². The summed E-state index contributed by atoms with van der Waals surface area (Å²) in [4.78, 5) is 23.0. The minimum absolute atomic E-state index is 0.0306. The van der Waals surface area contributed by atoms with E-state index >= 15 is 0 Å². The molecule has 1 atom stereocenters. The highest BCUT2D eigenvalue weighted by Gasteiger charge is 2.26. The van der Waals surface area contributed by atoms with E-state index in [4.69, 9.17) is 4.74 Å². The Hall–Kier alpha value is -3.21. The van der Waals surface area contributed by atoms with Crippen LogP contribution in [0.2, 0.25) is 0 Å². The second-order valence-corrected chi connectivity index (χ2v) is 6.40. The molecule has 0 saturated carbocycles. The number of hydrogen-bond acceptors (Lipinski definition) is 4. The van der Waals surface area contributed by atoms with E-state index in [2.05, 4.69) is 16.0 Å². The highest BCUT2D eigenvalue weighted by Crippen LogP contribution is 2.30. The lowest BCUT2D eigenvalue weighted by Gasteiger charge is -2.26. The summed E-state index contributed by atoms with van der Waals surface area (Å²) < 4.78 is 5.94. The van der Waals surface area contributed by atoms with Gasteiger partial charge >= 0.3 is 0 Å². The van der Waals surface area contributed by atoms with Gasteiger partial charge in [0.2, 0.25) is 0 Å². The fourth-order valence-corrected chi connectivity index (χ4v) is 3.12. The van der Waals surface area contributed by atoms with Crippen LogP contribution in [0.15, 0.2) is 67.3 Å². The summed E-state index contributed by atoms with van der Waals surface area (Å²) >= 11 is 0. The zero-order chi connectivity index (χ0) is 17.9. The molecule has 0 saturated heterocycles. The Bertz CT molecular complexity index is 913. The van der Waals surface area contributed by atoms with Gasteiger partial charge in [0.15, 0.2) is 0 Å². The van der Waals surface area contributed by atoms with Crippen molar-refractivity contribution < 1.29 is 9.53 Å². The molecule has 5 nitrogen and oxygen atoms in total. The molecule has 1 amide bonds. The molecule has 1 aromatic carbocycles. The summed E-state index contributed by atoms with van der Waals surface area (Å²) in [5, 5.41) is 0. The van der Waals surface area contributed by atoms with E-state index < -0.39 is 0 Å². The summed E-state index contributed by atoms with van der Waals surface area (Å²) in [5.41, 5.74) is 3.68. The Morgan fingerprint density at radius 2 is 1.88 bits per heavy atom. The predicted molar refractivity (Wildman–Crippen MR) is 98.7 cm³/mol. The number of amides is 1. The number of ether oxygens (including phenoxy) is 1. The van der Waals surface area contributed by atoms with Crippen molar-refractivity contribution in [1.82, 2.24) is 14.9 Å². The molecule has 0 aliphatic carbocycles. The Kier molecular flexibility index (Phi) is 4.35. The molecule has 0 fully saturated rings. The number of pyridine rings is 2. The van der Waals surface area contributed by atoms with Crippen molar-refractivity contribution in [3.05, 3.63) is 78.4 Å². The van der Waals surface area contributed by atoms with Gasteiger partial charge < -0.3 is 9.64 Å². The Morgan fingerprint density at radius 3 is 2.62 bits per heavy atom. The smallest absolute Gasteiger partial charge is 0.256 e. The largest absolute Gasteiger partial charge is 0.491 e. The quantitative estimate of drug-likeness (QED) is 0.712. The van der Waals surface area contributed by atoms with Crippen molar-refractivity contribution in [3.8, 4) is 16.9 Å². The first-order chi connectivity index (χ1) is 12.7. The fraction of sp³-hybridized carbons (Fsp3) is 0.190. The standard InChI is InChI=1S/C21H19N3O2/c1-15-14-26-20-7-6-16(17-4-2-8-22-11-17)10-19(20)13-24(15)21(25)18-5-3-9-23-12-18/h2-12,15H,13-14H2,1H3/t15-/m0/s1. The molecule has 0 N–H and O–H groups in total. The predicted octanol–water partition coefficient (Wildman–Crippen LogP) is 3.57. The Labute approximate surface area is 152 Å². The number of benzene rings is 1. The van der Waals surface area contributed by atoms with Gasteiger partial charge in [-0.25, -0.2) is 0 Å². The number of carbonyl (C=O) groups excluding carboxylic acids is 1. The van der Waals surface area contributed by atoms with Crippen LogP contribution < -0.4 is 4.74 Å². The molecule has 26 heavy (non-hydrogen) atoms. The lowest BCUT2D eigenvalue weighted by atomic mass is 10.0. The van der Waals surface area contributed by atoms with Gasteiger partial charge in [-0.3, -0.25) is 14.8 Å². The van der Waals surface area contributed by atoms with E-state index in [0.717, 1.165) is 22.4 Å². The molecule has 5 heteroatoms. The minimum atomic E-state index is -0.0335. The number of nitrogens with zero attached hydrogens (tertiary/aromatic N) is 3. The molecule has 3 heterocycles. The molecule has 0 spiro atoms. The van der Waals surface area contributed by atoms with E-state index in [9.17, 15) is 4.79 Å². The summed E-state index contributed by atoms with van der Waals surface area (Å²) in [5.74, 6) is 0.791. The molecule has 130 valence electrons. The molecule has 3 aromatic rings. The maximum atomic E-state index is 12.9. The zero-order valence-electron chi connectivity index (χ0n) is 14.5. The Morgan fingerprint density at radius 1 is 1.08 bits per heavy atom. The molecule has 0 bridgehead atoms. The van der Waals surface area contributed by atoms with Crippen molar-refractivity contribution in [2.45, 2.75) is 19.5 Å². The summed E-state index contributed by atoms with van der Waals surface area (Å²) in [6, 6.07) is 13.6. The third-order valence-electron chi connectivity index (χ3n) is 4.58. The second-order valence-electron chi connectivity index (χ2n) is 6.40. The summed E-state index contributed by atoms with van der Waals surface area (Å²) in [7, 11) is 0. The van der Waals surface area contributed by atoms with Crippen molar-refractivity contribution >= 4 is 5.91 Å². The molecular weight excluding hydrogens is 326 g/mol. The third kappa shape index (κ3) is 3.16. The molecule has 1 aliphatic rings.